The first-order chi connectivity index (χ1) is 14.5. The summed E-state index contributed by atoms with van der Waals surface area (Å²) in [4.78, 5) is 47.0. The summed E-state index contributed by atoms with van der Waals surface area (Å²) >= 11 is 0. The fraction of sp³-hybridized carbons (Fsp3) is 0.238. The second-order valence-corrected chi connectivity index (χ2v) is 7.44. The SMILES string of the molecule is CC(C)(C)OC(=O)NCc1ccc(NC(=O)C(=O)c2ccc(C#N)cc2)c([N+](=O)[O-])c1. The molecule has 0 aliphatic heterocycles. The first-order valence-electron chi connectivity index (χ1n) is 9.10. The Morgan fingerprint density at radius 1 is 1.13 bits per heavy atom. The zero-order valence-corrected chi connectivity index (χ0v) is 17.1. The van der Waals surface area contributed by atoms with E-state index in [-0.39, 0.29) is 17.8 Å². The second kappa shape index (κ2) is 9.49. The molecule has 0 heterocycles. The molecule has 0 radical (unpaired) electrons. The van der Waals surface area contributed by atoms with Crippen molar-refractivity contribution in [3.63, 3.8) is 0 Å². The molecule has 0 aliphatic carbocycles. The lowest BCUT2D eigenvalue weighted by atomic mass is 10.1. The normalized spacial score (nSPS) is 10.5. The number of carbonyl (C=O) groups excluding carboxylic acids is 3. The standard InChI is InChI=1S/C21H20N4O6/c1-21(2,3)31-20(28)23-12-14-6-9-16(17(10-14)25(29)30)24-19(27)18(26)15-7-4-13(11-22)5-8-15/h4-10H,12H2,1-3H3,(H,23,28)(H,24,27). The summed E-state index contributed by atoms with van der Waals surface area (Å²) in [6.07, 6.45) is -0.680. The molecule has 0 atom stereocenters. The number of benzene rings is 2. The minimum Gasteiger partial charge on any atom is -0.444 e. The van der Waals surface area contributed by atoms with Crippen molar-refractivity contribution in [3.8, 4) is 6.07 Å². The molecule has 0 aromatic heterocycles. The number of anilines is 1. The van der Waals surface area contributed by atoms with Gasteiger partial charge in [0.1, 0.15) is 11.3 Å². The Labute approximate surface area is 178 Å². The summed E-state index contributed by atoms with van der Waals surface area (Å²) in [5, 5.41) is 24.9. The maximum absolute atomic E-state index is 12.3. The molecule has 10 heteroatoms. The highest BCUT2D eigenvalue weighted by molar-refractivity contribution is 6.46. The average Bonchev–Trinajstić information content (AvgIpc) is 2.71. The Morgan fingerprint density at radius 3 is 2.32 bits per heavy atom. The zero-order chi connectivity index (χ0) is 23.2. The molecule has 2 amide bonds. The van der Waals surface area contributed by atoms with Crippen molar-refractivity contribution in [3.05, 3.63) is 69.3 Å². The van der Waals surface area contributed by atoms with Crippen molar-refractivity contribution in [1.29, 1.82) is 5.26 Å². The molecule has 10 nitrogen and oxygen atoms in total. The second-order valence-electron chi connectivity index (χ2n) is 7.44. The maximum atomic E-state index is 12.3. The summed E-state index contributed by atoms with van der Waals surface area (Å²) in [7, 11) is 0. The van der Waals surface area contributed by atoms with E-state index in [1.54, 1.807) is 20.8 Å². The molecule has 0 aliphatic rings. The Bertz CT molecular complexity index is 1060. The Kier molecular flexibility index (Phi) is 7.05. The van der Waals surface area contributed by atoms with E-state index in [0.29, 0.717) is 11.1 Å². The van der Waals surface area contributed by atoms with Gasteiger partial charge < -0.3 is 15.4 Å². The highest BCUT2D eigenvalue weighted by Gasteiger charge is 2.22. The number of hydrogen-bond donors (Lipinski definition) is 2. The van der Waals surface area contributed by atoms with Gasteiger partial charge in [0, 0.05) is 18.2 Å². The molecular formula is C21H20N4O6. The van der Waals surface area contributed by atoms with Crippen LogP contribution in [0.4, 0.5) is 16.2 Å². The van der Waals surface area contributed by atoms with Crippen molar-refractivity contribution in [2.24, 2.45) is 0 Å². The third-order valence-electron chi connectivity index (χ3n) is 3.83. The number of nitro benzene ring substituents is 1. The molecule has 2 aromatic carbocycles. The van der Waals surface area contributed by atoms with E-state index in [1.165, 1.54) is 42.5 Å². The van der Waals surface area contributed by atoms with Crippen molar-refractivity contribution in [1.82, 2.24) is 5.32 Å². The van der Waals surface area contributed by atoms with Crippen molar-refractivity contribution >= 4 is 29.2 Å². The number of ether oxygens (including phenoxy) is 1. The van der Waals surface area contributed by atoms with Crippen molar-refractivity contribution in [2.75, 3.05) is 5.32 Å². The van der Waals surface area contributed by atoms with Crippen LogP contribution < -0.4 is 10.6 Å². The van der Waals surface area contributed by atoms with Crippen LogP contribution in [0.2, 0.25) is 0 Å². The van der Waals surface area contributed by atoms with E-state index in [4.69, 9.17) is 10.00 Å². The van der Waals surface area contributed by atoms with Gasteiger partial charge in [0.25, 0.3) is 17.4 Å². The van der Waals surface area contributed by atoms with E-state index in [2.05, 4.69) is 10.6 Å². The summed E-state index contributed by atoms with van der Waals surface area (Å²) in [6, 6.07) is 11.2. The lowest BCUT2D eigenvalue weighted by Crippen LogP contribution is -2.32. The van der Waals surface area contributed by atoms with Crippen molar-refractivity contribution in [2.45, 2.75) is 32.9 Å². The maximum Gasteiger partial charge on any atom is 0.407 e. The van der Waals surface area contributed by atoms with Crippen LogP contribution in [0.1, 0.15) is 42.3 Å². The van der Waals surface area contributed by atoms with E-state index in [1.807, 2.05) is 6.07 Å². The largest absolute Gasteiger partial charge is 0.444 e. The smallest absolute Gasteiger partial charge is 0.407 e. The van der Waals surface area contributed by atoms with Crippen LogP contribution >= 0.6 is 0 Å². The fourth-order valence-electron chi connectivity index (χ4n) is 2.44. The third-order valence-corrected chi connectivity index (χ3v) is 3.83. The van der Waals surface area contributed by atoms with Gasteiger partial charge in [-0.3, -0.25) is 19.7 Å². The van der Waals surface area contributed by atoms with Gasteiger partial charge in [0.2, 0.25) is 0 Å². The third kappa shape index (κ3) is 6.64. The molecule has 2 N–H and O–H groups in total. The molecule has 2 aromatic rings. The highest BCUT2D eigenvalue weighted by Crippen LogP contribution is 2.26. The van der Waals surface area contributed by atoms with Gasteiger partial charge in [0.15, 0.2) is 0 Å². The van der Waals surface area contributed by atoms with Crippen LogP contribution in [0.3, 0.4) is 0 Å². The van der Waals surface area contributed by atoms with Gasteiger partial charge >= 0.3 is 6.09 Å². The number of nitro groups is 1. The highest BCUT2D eigenvalue weighted by atomic mass is 16.6. The van der Waals surface area contributed by atoms with Crippen LogP contribution in [0.25, 0.3) is 0 Å². The Balaban J connectivity index is 2.12. The molecular weight excluding hydrogens is 404 g/mol. The number of nitrogens with zero attached hydrogens (tertiary/aromatic N) is 2. The van der Waals surface area contributed by atoms with Crippen molar-refractivity contribution < 1.29 is 24.0 Å². The summed E-state index contributed by atoms with van der Waals surface area (Å²) in [5.41, 5.74) is -0.539. The predicted octanol–water partition coefficient (Wildman–Crippen LogP) is 3.31. The van der Waals surface area contributed by atoms with Gasteiger partial charge in [-0.15, -0.1) is 0 Å². The fourth-order valence-corrected chi connectivity index (χ4v) is 2.44. The van der Waals surface area contributed by atoms with Crippen LogP contribution in [-0.4, -0.2) is 28.3 Å². The van der Waals surface area contributed by atoms with Crippen LogP contribution in [0.5, 0.6) is 0 Å². The molecule has 160 valence electrons. The van der Waals surface area contributed by atoms with E-state index in [9.17, 15) is 24.5 Å². The molecule has 0 spiro atoms. The molecule has 0 bridgehead atoms. The number of hydrogen-bond acceptors (Lipinski definition) is 7. The Hall–Kier alpha value is -4.26. The molecule has 0 fully saturated rings. The minimum atomic E-state index is -1.06. The predicted molar refractivity (Wildman–Crippen MR) is 110 cm³/mol. The van der Waals surface area contributed by atoms with E-state index < -0.39 is 34.0 Å². The number of rotatable bonds is 6. The molecule has 0 saturated heterocycles. The molecule has 31 heavy (non-hydrogen) atoms. The number of amides is 2. The lowest BCUT2D eigenvalue weighted by Gasteiger charge is -2.19. The molecule has 2 rings (SSSR count). The molecule has 0 saturated carbocycles. The van der Waals surface area contributed by atoms with Gasteiger partial charge in [0.05, 0.1) is 16.6 Å². The monoisotopic (exact) mass is 424 g/mol. The van der Waals surface area contributed by atoms with Crippen LogP contribution in [0.15, 0.2) is 42.5 Å². The minimum absolute atomic E-state index is 0.0336. The van der Waals surface area contributed by atoms with Gasteiger partial charge in [-0.25, -0.2) is 4.79 Å². The van der Waals surface area contributed by atoms with Gasteiger partial charge in [-0.2, -0.15) is 5.26 Å². The van der Waals surface area contributed by atoms with Crippen LogP contribution in [0, 0.1) is 21.4 Å². The van der Waals surface area contributed by atoms with E-state index in [0.717, 1.165) is 0 Å². The summed E-state index contributed by atoms with van der Waals surface area (Å²) in [5.74, 6) is -1.97. The summed E-state index contributed by atoms with van der Waals surface area (Å²) in [6.45, 7) is 5.07. The zero-order valence-electron chi connectivity index (χ0n) is 17.1. The number of ketones is 1. The number of Topliss-reactive ketones (excluding diaryl/α,β-unsaturated/α-hetero) is 1. The number of nitrogens with one attached hydrogen (secondary N) is 2. The Morgan fingerprint density at radius 2 is 1.77 bits per heavy atom. The average molecular weight is 424 g/mol. The number of alkyl carbamates (subject to hydrolysis) is 1. The first kappa shape index (κ1) is 23.0. The number of nitriles is 1. The lowest BCUT2D eigenvalue weighted by molar-refractivity contribution is -0.384. The van der Waals surface area contributed by atoms with Gasteiger partial charge in [-0.1, -0.05) is 6.07 Å². The van der Waals surface area contributed by atoms with Gasteiger partial charge in [-0.05, 0) is 56.7 Å². The first-order valence-corrected chi connectivity index (χ1v) is 9.10. The summed E-state index contributed by atoms with van der Waals surface area (Å²) < 4.78 is 5.10. The number of carbonyl (C=O) groups is 3. The topological polar surface area (TPSA) is 151 Å². The van der Waals surface area contributed by atoms with E-state index >= 15 is 0 Å². The van der Waals surface area contributed by atoms with Crippen LogP contribution in [-0.2, 0) is 16.1 Å². The molecule has 0 unspecified atom stereocenters. The quantitative estimate of drug-likeness (QED) is 0.312.